The molecule has 15 heavy (non-hydrogen) atoms. The molecule has 1 aliphatic rings. The highest BCUT2D eigenvalue weighted by Gasteiger charge is 2.40. The quantitative estimate of drug-likeness (QED) is 0.813. The van der Waals surface area contributed by atoms with Gasteiger partial charge in [-0.05, 0) is 30.5 Å². The lowest BCUT2D eigenvalue weighted by Crippen LogP contribution is -2.10. The fraction of sp³-hybridized carbons (Fsp3) is 0.417. The van der Waals surface area contributed by atoms with E-state index in [1.54, 1.807) is 0 Å². The molecule has 0 bridgehead atoms. The molecule has 1 saturated carbocycles. The molecule has 0 aliphatic heterocycles. The van der Waals surface area contributed by atoms with E-state index in [0.29, 0.717) is 5.89 Å². The van der Waals surface area contributed by atoms with E-state index in [2.05, 4.69) is 4.98 Å². The Labute approximate surface area is 87.7 Å². The highest BCUT2D eigenvalue weighted by Crippen LogP contribution is 2.38. The zero-order chi connectivity index (χ0) is 10.5. The lowest BCUT2D eigenvalue weighted by atomic mass is 10.1. The van der Waals surface area contributed by atoms with Gasteiger partial charge in [0, 0.05) is 13.3 Å². The normalized spacial score (nSPS) is 18.3. The number of aliphatic hydroxyl groups is 1. The monoisotopic (exact) mass is 203 g/mol. The van der Waals surface area contributed by atoms with Crippen molar-refractivity contribution in [2.24, 2.45) is 0 Å². The van der Waals surface area contributed by atoms with E-state index in [1.165, 1.54) is 0 Å². The van der Waals surface area contributed by atoms with E-state index in [0.717, 1.165) is 35.9 Å². The summed E-state index contributed by atoms with van der Waals surface area (Å²) in [7, 11) is 0. The summed E-state index contributed by atoms with van der Waals surface area (Å²) in [4.78, 5) is 4.24. The maximum Gasteiger partial charge on any atom is 0.192 e. The second-order valence-corrected chi connectivity index (χ2v) is 4.44. The van der Waals surface area contributed by atoms with Crippen LogP contribution < -0.4 is 0 Å². The topological polar surface area (TPSA) is 46.3 Å². The Morgan fingerprint density at radius 3 is 3.00 bits per heavy atom. The van der Waals surface area contributed by atoms with Crippen LogP contribution >= 0.6 is 0 Å². The predicted molar refractivity (Wildman–Crippen MR) is 56.6 cm³/mol. The van der Waals surface area contributed by atoms with Crippen LogP contribution in [0.3, 0.4) is 0 Å². The third-order valence-electron chi connectivity index (χ3n) is 2.92. The van der Waals surface area contributed by atoms with E-state index < -0.39 is 5.60 Å². The van der Waals surface area contributed by atoms with Gasteiger partial charge in [-0.15, -0.1) is 0 Å². The van der Waals surface area contributed by atoms with E-state index in [1.807, 2.05) is 25.1 Å². The van der Waals surface area contributed by atoms with Gasteiger partial charge in [-0.3, -0.25) is 0 Å². The molecule has 3 rings (SSSR count). The molecule has 0 saturated heterocycles. The van der Waals surface area contributed by atoms with Gasteiger partial charge in [-0.2, -0.15) is 0 Å². The number of benzene rings is 1. The highest BCUT2D eigenvalue weighted by molar-refractivity contribution is 5.73. The molecule has 1 aliphatic carbocycles. The number of aryl methyl sites for hydroxylation is 1. The van der Waals surface area contributed by atoms with Crippen molar-refractivity contribution < 1.29 is 9.52 Å². The van der Waals surface area contributed by atoms with Crippen LogP contribution in [0.25, 0.3) is 11.1 Å². The summed E-state index contributed by atoms with van der Waals surface area (Å²) in [5, 5.41) is 9.81. The summed E-state index contributed by atoms with van der Waals surface area (Å²) < 4.78 is 5.45. The molecule has 2 aromatic rings. The van der Waals surface area contributed by atoms with Crippen molar-refractivity contribution in [3.63, 3.8) is 0 Å². The maximum absolute atomic E-state index is 9.81. The predicted octanol–water partition coefficient (Wildman–Crippen LogP) is 2.20. The fourth-order valence-electron chi connectivity index (χ4n) is 1.90. The third kappa shape index (κ3) is 1.63. The summed E-state index contributed by atoms with van der Waals surface area (Å²) in [6, 6.07) is 5.94. The lowest BCUT2D eigenvalue weighted by molar-refractivity contribution is 0.151. The summed E-state index contributed by atoms with van der Waals surface area (Å²) in [5.41, 5.74) is 2.38. The van der Waals surface area contributed by atoms with E-state index in [9.17, 15) is 5.11 Å². The molecule has 1 heterocycles. The Balaban J connectivity index is 1.98. The minimum Gasteiger partial charge on any atom is -0.441 e. The number of rotatable bonds is 2. The number of aromatic nitrogens is 1. The molecule has 1 N–H and O–H groups in total. The first-order valence-corrected chi connectivity index (χ1v) is 5.23. The molecule has 1 aromatic carbocycles. The standard InChI is InChI=1S/C12H13NO2/c1-8-13-10-3-2-9(6-11(10)15-8)7-12(14)4-5-12/h2-3,6,14H,4-5,7H2,1H3. The van der Waals surface area contributed by atoms with Gasteiger partial charge in [0.1, 0.15) is 5.52 Å². The van der Waals surface area contributed by atoms with Crippen molar-refractivity contribution in [1.82, 2.24) is 4.98 Å². The van der Waals surface area contributed by atoms with Gasteiger partial charge in [0.05, 0.1) is 5.60 Å². The smallest absolute Gasteiger partial charge is 0.192 e. The van der Waals surface area contributed by atoms with E-state index in [-0.39, 0.29) is 0 Å². The highest BCUT2D eigenvalue weighted by atomic mass is 16.3. The Kier molecular flexibility index (Phi) is 1.68. The first-order valence-electron chi connectivity index (χ1n) is 5.23. The van der Waals surface area contributed by atoms with Crippen LogP contribution in [0.4, 0.5) is 0 Å². The van der Waals surface area contributed by atoms with Crippen molar-refractivity contribution in [3.05, 3.63) is 29.7 Å². The number of nitrogens with zero attached hydrogens (tertiary/aromatic N) is 1. The molecule has 78 valence electrons. The molecule has 0 radical (unpaired) electrons. The zero-order valence-corrected chi connectivity index (χ0v) is 8.66. The largest absolute Gasteiger partial charge is 0.441 e. The Hall–Kier alpha value is -1.35. The first-order chi connectivity index (χ1) is 7.15. The number of fused-ring (bicyclic) bond motifs is 1. The molecule has 0 unspecified atom stereocenters. The van der Waals surface area contributed by atoms with Crippen molar-refractivity contribution in [1.29, 1.82) is 0 Å². The second kappa shape index (κ2) is 2.83. The van der Waals surface area contributed by atoms with Crippen LogP contribution in [-0.4, -0.2) is 15.7 Å². The first kappa shape index (κ1) is 8.92. The Morgan fingerprint density at radius 1 is 1.47 bits per heavy atom. The molecule has 0 spiro atoms. The van der Waals surface area contributed by atoms with E-state index in [4.69, 9.17) is 4.42 Å². The Morgan fingerprint density at radius 2 is 2.27 bits per heavy atom. The zero-order valence-electron chi connectivity index (χ0n) is 8.66. The van der Waals surface area contributed by atoms with Crippen molar-refractivity contribution in [2.75, 3.05) is 0 Å². The van der Waals surface area contributed by atoms with Crippen LogP contribution in [0.15, 0.2) is 22.6 Å². The summed E-state index contributed by atoms with van der Waals surface area (Å²) in [6.07, 6.45) is 2.56. The average Bonchev–Trinajstić information content (AvgIpc) is 2.76. The number of hydrogen-bond donors (Lipinski definition) is 1. The van der Waals surface area contributed by atoms with Crippen molar-refractivity contribution in [3.8, 4) is 0 Å². The number of oxazole rings is 1. The molecule has 0 atom stereocenters. The third-order valence-corrected chi connectivity index (χ3v) is 2.92. The number of hydrogen-bond acceptors (Lipinski definition) is 3. The van der Waals surface area contributed by atoms with Gasteiger partial charge in [-0.1, -0.05) is 6.07 Å². The minimum absolute atomic E-state index is 0.442. The van der Waals surface area contributed by atoms with Gasteiger partial charge in [0.2, 0.25) is 0 Å². The van der Waals surface area contributed by atoms with Crippen LogP contribution in [0.1, 0.15) is 24.3 Å². The Bertz CT molecular complexity index is 511. The minimum atomic E-state index is -0.442. The van der Waals surface area contributed by atoms with Gasteiger partial charge >= 0.3 is 0 Å². The van der Waals surface area contributed by atoms with Crippen molar-refractivity contribution >= 4 is 11.1 Å². The molecule has 1 aromatic heterocycles. The average molecular weight is 203 g/mol. The fourth-order valence-corrected chi connectivity index (χ4v) is 1.90. The van der Waals surface area contributed by atoms with Gasteiger partial charge in [-0.25, -0.2) is 4.98 Å². The molecule has 0 amide bonds. The van der Waals surface area contributed by atoms with Crippen molar-refractivity contribution in [2.45, 2.75) is 31.8 Å². The second-order valence-electron chi connectivity index (χ2n) is 4.44. The van der Waals surface area contributed by atoms with Crippen LogP contribution in [-0.2, 0) is 6.42 Å². The molecule has 3 heteroatoms. The van der Waals surface area contributed by atoms with Gasteiger partial charge < -0.3 is 9.52 Å². The SMILES string of the molecule is Cc1nc2ccc(CC3(O)CC3)cc2o1. The van der Waals surface area contributed by atoms with Gasteiger partial charge in [0.15, 0.2) is 11.5 Å². The molecular weight excluding hydrogens is 190 g/mol. The molecule has 3 nitrogen and oxygen atoms in total. The summed E-state index contributed by atoms with van der Waals surface area (Å²) in [6.45, 7) is 1.84. The van der Waals surface area contributed by atoms with Gasteiger partial charge in [0.25, 0.3) is 0 Å². The molecule has 1 fully saturated rings. The van der Waals surface area contributed by atoms with Crippen LogP contribution in [0.2, 0.25) is 0 Å². The van der Waals surface area contributed by atoms with E-state index >= 15 is 0 Å². The van der Waals surface area contributed by atoms with Crippen LogP contribution in [0, 0.1) is 6.92 Å². The molecular formula is C12H13NO2. The summed E-state index contributed by atoms with van der Waals surface area (Å²) >= 11 is 0. The lowest BCUT2D eigenvalue weighted by Gasteiger charge is -2.06. The summed E-state index contributed by atoms with van der Waals surface area (Å²) in [5.74, 6) is 0.687. The van der Waals surface area contributed by atoms with Crippen LogP contribution in [0.5, 0.6) is 0 Å². The maximum atomic E-state index is 9.81.